The summed E-state index contributed by atoms with van der Waals surface area (Å²) < 4.78 is 0. The van der Waals surface area contributed by atoms with E-state index < -0.39 is 17.9 Å². The summed E-state index contributed by atoms with van der Waals surface area (Å²) in [7, 11) is 0. The predicted octanol–water partition coefficient (Wildman–Crippen LogP) is -2.10. The maximum absolute atomic E-state index is 9.99. The second-order valence-electron chi connectivity index (χ2n) is 2.13. The van der Waals surface area contributed by atoms with Gasteiger partial charge in [-0.25, -0.2) is 0 Å². The summed E-state index contributed by atoms with van der Waals surface area (Å²) in [6, 6.07) is 0. The van der Waals surface area contributed by atoms with Gasteiger partial charge in [-0.2, -0.15) is 0 Å². The van der Waals surface area contributed by atoms with Crippen molar-refractivity contribution in [3.63, 3.8) is 0 Å². The second kappa shape index (κ2) is 6.39. The SMILES string of the molecule is CC(CCC(=O)[O-])C(=O)[O-].[Ag+2]. The van der Waals surface area contributed by atoms with Crippen molar-refractivity contribution in [1.29, 1.82) is 0 Å². The molecule has 1 radical (unpaired) electrons. The Morgan fingerprint density at radius 2 is 1.82 bits per heavy atom. The molecule has 0 N–H and O–H groups in total. The van der Waals surface area contributed by atoms with E-state index in [0.717, 1.165) is 0 Å². The van der Waals surface area contributed by atoms with E-state index in [2.05, 4.69) is 0 Å². The molecule has 0 saturated carbocycles. The summed E-state index contributed by atoms with van der Waals surface area (Å²) in [6.45, 7) is 1.40. The summed E-state index contributed by atoms with van der Waals surface area (Å²) >= 11 is 0. The van der Waals surface area contributed by atoms with Gasteiger partial charge in [-0.1, -0.05) is 6.92 Å². The van der Waals surface area contributed by atoms with E-state index in [1.54, 1.807) is 0 Å². The van der Waals surface area contributed by atoms with Crippen LogP contribution in [0.4, 0.5) is 0 Å². The van der Waals surface area contributed by atoms with Crippen molar-refractivity contribution in [2.75, 3.05) is 0 Å². The van der Waals surface area contributed by atoms with Gasteiger partial charge in [-0.05, 0) is 18.8 Å². The molecule has 0 spiro atoms. The maximum Gasteiger partial charge on any atom is 2.00 e. The van der Waals surface area contributed by atoms with Gasteiger partial charge >= 0.3 is 22.4 Å². The van der Waals surface area contributed by atoms with Crippen LogP contribution in [0.25, 0.3) is 0 Å². The van der Waals surface area contributed by atoms with Crippen molar-refractivity contribution in [3.05, 3.63) is 0 Å². The first-order chi connectivity index (χ1) is 4.54. The number of hydrogen-bond donors (Lipinski definition) is 0. The minimum Gasteiger partial charge on any atom is -0.550 e. The molecule has 0 aliphatic carbocycles. The first-order valence-corrected chi connectivity index (χ1v) is 2.94. The molecule has 4 nitrogen and oxygen atoms in total. The fourth-order valence-electron chi connectivity index (χ4n) is 0.452. The normalized spacial score (nSPS) is 11.4. The number of carboxylic acid groups (broad SMARTS) is 2. The molecule has 0 fully saturated rings. The number of aliphatic carboxylic acids is 2. The van der Waals surface area contributed by atoms with Crippen molar-refractivity contribution in [3.8, 4) is 0 Å². The number of hydrogen-bond acceptors (Lipinski definition) is 4. The molecule has 0 amide bonds. The average Bonchev–Trinajstić information content (AvgIpc) is 1.82. The monoisotopic (exact) mass is 251 g/mol. The summed E-state index contributed by atoms with van der Waals surface area (Å²) in [6.07, 6.45) is -0.153. The quantitative estimate of drug-likeness (QED) is 0.537. The van der Waals surface area contributed by atoms with Crippen LogP contribution < -0.4 is 10.2 Å². The van der Waals surface area contributed by atoms with Crippen LogP contribution in [-0.2, 0) is 32.0 Å². The Morgan fingerprint density at radius 3 is 2.09 bits per heavy atom. The van der Waals surface area contributed by atoms with Crippen LogP contribution in [0.5, 0.6) is 0 Å². The summed E-state index contributed by atoms with van der Waals surface area (Å²) in [5, 5.41) is 19.8. The van der Waals surface area contributed by atoms with E-state index in [1.807, 2.05) is 0 Å². The van der Waals surface area contributed by atoms with Crippen molar-refractivity contribution >= 4 is 11.9 Å². The number of carbonyl (C=O) groups excluding carboxylic acids is 2. The number of carboxylic acids is 2. The van der Waals surface area contributed by atoms with Gasteiger partial charge in [0.05, 0.1) is 0 Å². The zero-order valence-electron chi connectivity index (χ0n) is 5.93. The van der Waals surface area contributed by atoms with Gasteiger partial charge in [-0.3, -0.25) is 0 Å². The standard InChI is InChI=1S/C6H10O4.Ag/c1-4(6(9)10)2-3-5(7)8;/h4H,2-3H2,1H3,(H,7,8)(H,9,10);/q;+2/p-2. The Kier molecular flexibility index (Phi) is 7.72. The number of carbonyl (C=O) groups is 2. The molecule has 0 aromatic rings. The molecule has 11 heavy (non-hydrogen) atoms. The fourth-order valence-corrected chi connectivity index (χ4v) is 0.452. The molecule has 5 heteroatoms. The molecule has 0 aromatic heterocycles. The molecule has 0 saturated heterocycles. The van der Waals surface area contributed by atoms with Crippen LogP contribution in [0.15, 0.2) is 0 Å². The summed E-state index contributed by atoms with van der Waals surface area (Å²) in [5.41, 5.74) is 0. The molecule has 1 atom stereocenters. The van der Waals surface area contributed by atoms with Crippen molar-refractivity contribution in [2.45, 2.75) is 19.8 Å². The van der Waals surface area contributed by atoms with Crippen LogP contribution in [0.2, 0.25) is 0 Å². The topological polar surface area (TPSA) is 80.3 Å². The van der Waals surface area contributed by atoms with Crippen LogP contribution in [-0.4, -0.2) is 11.9 Å². The van der Waals surface area contributed by atoms with Gasteiger partial charge in [0.15, 0.2) is 0 Å². The molecule has 0 aromatic carbocycles. The smallest absolute Gasteiger partial charge is 0.550 e. The largest absolute Gasteiger partial charge is 2.00 e. The molecule has 67 valence electrons. The fraction of sp³-hybridized carbons (Fsp3) is 0.667. The third kappa shape index (κ3) is 7.58. The zero-order chi connectivity index (χ0) is 8.15. The third-order valence-electron chi connectivity index (χ3n) is 1.18. The van der Waals surface area contributed by atoms with E-state index in [0.29, 0.717) is 0 Å². The first kappa shape index (κ1) is 13.3. The van der Waals surface area contributed by atoms with Crippen molar-refractivity contribution < 1.29 is 42.2 Å². The van der Waals surface area contributed by atoms with E-state index in [-0.39, 0.29) is 35.2 Å². The van der Waals surface area contributed by atoms with Crippen molar-refractivity contribution in [2.24, 2.45) is 5.92 Å². The van der Waals surface area contributed by atoms with E-state index >= 15 is 0 Å². The Labute approximate surface area is 80.1 Å². The molecular formula is C6H8AgO4. The Bertz CT molecular complexity index is 146. The predicted molar refractivity (Wildman–Crippen MR) is 28.4 cm³/mol. The molecule has 1 unspecified atom stereocenters. The van der Waals surface area contributed by atoms with E-state index in [9.17, 15) is 19.8 Å². The Balaban J connectivity index is 0. The summed E-state index contributed by atoms with van der Waals surface area (Å²) in [4.78, 5) is 19.8. The van der Waals surface area contributed by atoms with E-state index in [1.165, 1.54) is 6.92 Å². The second-order valence-corrected chi connectivity index (χ2v) is 2.13. The van der Waals surface area contributed by atoms with Crippen LogP contribution in [0.3, 0.4) is 0 Å². The number of rotatable bonds is 4. The maximum atomic E-state index is 9.99. The van der Waals surface area contributed by atoms with Gasteiger partial charge in [0, 0.05) is 11.9 Å². The van der Waals surface area contributed by atoms with Crippen LogP contribution in [0.1, 0.15) is 19.8 Å². The minimum absolute atomic E-state index is 0. The molecule has 0 bridgehead atoms. The van der Waals surface area contributed by atoms with Crippen molar-refractivity contribution in [1.82, 2.24) is 0 Å². The Hall–Kier alpha value is -0.320. The van der Waals surface area contributed by atoms with Gasteiger partial charge in [0.2, 0.25) is 0 Å². The van der Waals surface area contributed by atoms with Gasteiger partial charge in [-0.15, -0.1) is 0 Å². The molecule has 0 aliphatic heterocycles. The molecule has 0 aliphatic rings. The van der Waals surface area contributed by atoms with Gasteiger partial charge < -0.3 is 19.8 Å². The van der Waals surface area contributed by atoms with Crippen LogP contribution in [0, 0.1) is 5.92 Å². The van der Waals surface area contributed by atoms with E-state index in [4.69, 9.17) is 0 Å². The zero-order valence-corrected chi connectivity index (χ0v) is 7.41. The summed E-state index contributed by atoms with van der Waals surface area (Å²) in [5.74, 6) is -3.16. The van der Waals surface area contributed by atoms with Crippen LogP contribution >= 0.6 is 0 Å². The third-order valence-corrected chi connectivity index (χ3v) is 1.18. The molecule has 0 heterocycles. The minimum atomic E-state index is -1.23. The average molecular weight is 252 g/mol. The molecular weight excluding hydrogens is 244 g/mol. The van der Waals surface area contributed by atoms with Gasteiger partial charge in [0.25, 0.3) is 0 Å². The Morgan fingerprint density at radius 1 is 1.36 bits per heavy atom. The first-order valence-electron chi connectivity index (χ1n) is 2.94. The molecule has 0 rings (SSSR count). The van der Waals surface area contributed by atoms with Gasteiger partial charge in [0.1, 0.15) is 0 Å².